The quantitative estimate of drug-likeness (QED) is 0.493. The van der Waals surface area contributed by atoms with Crippen LogP contribution in [0.2, 0.25) is 0 Å². The lowest BCUT2D eigenvalue weighted by atomic mass is 10.0. The summed E-state index contributed by atoms with van der Waals surface area (Å²) in [5.74, 6) is -7.94. The van der Waals surface area contributed by atoms with Crippen LogP contribution in [0, 0.1) is 17.5 Å². The molecular formula is C10H8F3NO4. The molecule has 0 amide bonds. The number of nitrogens with two attached hydrogens (primary N) is 1. The number of hydrogen-bond acceptors (Lipinski definition) is 5. The van der Waals surface area contributed by atoms with Crippen LogP contribution in [-0.4, -0.2) is 26.2 Å². The molecule has 0 saturated heterocycles. The summed E-state index contributed by atoms with van der Waals surface area (Å²) in [5, 5.41) is 0. The number of halogens is 3. The van der Waals surface area contributed by atoms with Crippen LogP contribution in [0.5, 0.6) is 0 Å². The fraction of sp³-hybridized carbons (Fsp3) is 0.200. The number of carbonyl (C=O) groups excluding carboxylic acids is 2. The second kappa shape index (κ2) is 4.94. The van der Waals surface area contributed by atoms with E-state index in [1.54, 1.807) is 0 Å². The smallest absolute Gasteiger partial charge is 0.341 e. The van der Waals surface area contributed by atoms with Crippen molar-refractivity contribution in [2.75, 3.05) is 20.0 Å². The highest BCUT2D eigenvalue weighted by Gasteiger charge is 2.32. The van der Waals surface area contributed by atoms with E-state index in [1.165, 1.54) is 0 Å². The first-order valence-electron chi connectivity index (χ1n) is 4.49. The van der Waals surface area contributed by atoms with Gasteiger partial charge in [0.05, 0.1) is 14.2 Å². The Morgan fingerprint density at radius 1 is 0.889 bits per heavy atom. The van der Waals surface area contributed by atoms with Crippen molar-refractivity contribution in [2.45, 2.75) is 0 Å². The standard InChI is InChI=1S/C10H8F3NO4/c1-17-9(15)3-4(10(16)18-2)6(12)8(14)7(13)5(3)11/h14H2,1-2H3. The monoisotopic (exact) mass is 263 g/mol. The highest BCUT2D eigenvalue weighted by atomic mass is 19.2. The number of esters is 2. The minimum Gasteiger partial charge on any atom is -0.465 e. The van der Waals surface area contributed by atoms with Gasteiger partial charge in [-0.3, -0.25) is 0 Å². The first-order chi connectivity index (χ1) is 8.36. The van der Waals surface area contributed by atoms with Crippen LogP contribution in [0.3, 0.4) is 0 Å². The lowest BCUT2D eigenvalue weighted by molar-refractivity contribution is 0.0545. The number of methoxy groups -OCH3 is 2. The van der Waals surface area contributed by atoms with Gasteiger partial charge in [0, 0.05) is 0 Å². The van der Waals surface area contributed by atoms with Gasteiger partial charge < -0.3 is 15.2 Å². The number of hydrogen-bond donors (Lipinski definition) is 1. The second-order valence-corrected chi connectivity index (χ2v) is 3.09. The Bertz CT molecular complexity index is 484. The fourth-order valence-electron chi connectivity index (χ4n) is 1.27. The minimum absolute atomic E-state index is 0.856. The van der Waals surface area contributed by atoms with Gasteiger partial charge in [0.1, 0.15) is 16.8 Å². The zero-order valence-electron chi connectivity index (χ0n) is 9.34. The summed E-state index contributed by atoms with van der Waals surface area (Å²) in [6.07, 6.45) is 0. The molecule has 0 heterocycles. The summed E-state index contributed by atoms with van der Waals surface area (Å²) < 4.78 is 48.6. The van der Waals surface area contributed by atoms with Crippen LogP contribution < -0.4 is 5.73 Å². The Morgan fingerprint density at radius 2 is 1.28 bits per heavy atom. The average Bonchev–Trinajstić information content (AvgIpc) is 2.38. The van der Waals surface area contributed by atoms with E-state index in [0.29, 0.717) is 0 Å². The van der Waals surface area contributed by atoms with Gasteiger partial charge >= 0.3 is 11.9 Å². The molecule has 0 bridgehead atoms. The van der Waals surface area contributed by atoms with Gasteiger partial charge in [0.25, 0.3) is 0 Å². The molecule has 1 aromatic carbocycles. The summed E-state index contributed by atoms with van der Waals surface area (Å²) >= 11 is 0. The van der Waals surface area contributed by atoms with Gasteiger partial charge in [0.2, 0.25) is 0 Å². The van der Waals surface area contributed by atoms with Gasteiger partial charge in [-0.2, -0.15) is 0 Å². The van der Waals surface area contributed by atoms with Gasteiger partial charge in [-0.05, 0) is 0 Å². The largest absolute Gasteiger partial charge is 0.465 e. The van der Waals surface area contributed by atoms with Crippen molar-refractivity contribution in [1.29, 1.82) is 0 Å². The Balaban J connectivity index is 3.75. The highest BCUT2D eigenvalue weighted by molar-refractivity contribution is 6.04. The maximum absolute atomic E-state index is 13.6. The summed E-state index contributed by atoms with van der Waals surface area (Å²) in [7, 11) is 1.73. The molecule has 5 nitrogen and oxygen atoms in total. The minimum atomic E-state index is -1.78. The molecule has 1 aromatic rings. The number of benzene rings is 1. The molecule has 0 fully saturated rings. The van der Waals surface area contributed by atoms with Crippen LogP contribution in [-0.2, 0) is 9.47 Å². The zero-order chi connectivity index (χ0) is 14.0. The van der Waals surface area contributed by atoms with Crippen molar-refractivity contribution in [1.82, 2.24) is 0 Å². The van der Waals surface area contributed by atoms with Crippen LogP contribution in [0.4, 0.5) is 18.9 Å². The Labute approximate surface area is 99.3 Å². The normalized spacial score (nSPS) is 10.1. The van der Waals surface area contributed by atoms with Gasteiger partial charge in [0.15, 0.2) is 17.5 Å². The molecule has 0 aliphatic heterocycles. The molecule has 0 atom stereocenters. The summed E-state index contributed by atoms with van der Waals surface area (Å²) in [6, 6.07) is 0. The van der Waals surface area contributed by atoms with E-state index in [9.17, 15) is 22.8 Å². The van der Waals surface area contributed by atoms with E-state index in [4.69, 9.17) is 5.73 Å². The molecule has 0 spiro atoms. The van der Waals surface area contributed by atoms with E-state index < -0.39 is 46.2 Å². The van der Waals surface area contributed by atoms with Crippen molar-refractivity contribution in [2.24, 2.45) is 0 Å². The predicted octanol–water partition coefficient (Wildman–Crippen LogP) is 1.26. The molecular weight excluding hydrogens is 255 g/mol. The Morgan fingerprint density at radius 3 is 1.67 bits per heavy atom. The molecule has 0 unspecified atom stereocenters. The predicted molar refractivity (Wildman–Crippen MR) is 53.4 cm³/mol. The van der Waals surface area contributed by atoms with E-state index in [2.05, 4.69) is 9.47 Å². The lowest BCUT2D eigenvalue weighted by Gasteiger charge is -2.11. The van der Waals surface area contributed by atoms with E-state index >= 15 is 0 Å². The summed E-state index contributed by atoms with van der Waals surface area (Å²) in [5.41, 5.74) is 1.40. The number of nitrogen functional groups attached to an aromatic ring is 1. The van der Waals surface area contributed by atoms with Crippen molar-refractivity contribution < 1.29 is 32.2 Å². The number of rotatable bonds is 2. The third kappa shape index (κ3) is 1.96. The summed E-state index contributed by atoms with van der Waals surface area (Å²) in [4.78, 5) is 22.5. The molecule has 0 aromatic heterocycles. The number of anilines is 1. The molecule has 2 N–H and O–H groups in total. The van der Waals surface area contributed by atoms with Crippen molar-refractivity contribution in [3.63, 3.8) is 0 Å². The van der Waals surface area contributed by atoms with Gasteiger partial charge in [-0.25, -0.2) is 22.8 Å². The van der Waals surface area contributed by atoms with Crippen molar-refractivity contribution in [3.05, 3.63) is 28.6 Å². The lowest BCUT2D eigenvalue weighted by Crippen LogP contribution is -2.19. The topological polar surface area (TPSA) is 78.6 Å². The van der Waals surface area contributed by atoms with Crippen molar-refractivity contribution in [3.8, 4) is 0 Å². The molecule has 8 heteroatoms. The maximum atomic E-state index is 13.6. The number of ether oxygens (including phenoxy) is 2. The molecule has 18 heavy (non-hydrogen) atoms. The molecule has 98 valence electrons. The Hall–Kier alpha value is -2.25. The van der Waals surface area contributed by atoms with Crippen LogP contribution in [0.15, 0.2) is 0 Å². The third-order valence-corrected chi connectivity index (χ3v) is 2.13. The molecule has 0 aliphatic carbocycles. The maximum Gasteiger partial charge on any atom is 0.341 e. The van der Waals surface area contributed by atoms with Gasteiger partial charge in [-0.1, -0.05) is 0 Å². The molecule has 0 saturated carbocycles. The average molecular weight is 263 g/mol. The van der Waals surface area contributed by atoms with E-state index in [0.717, 1.165) is 14.2 Å². The second-order valence-electron chi connectivity index (χ2n) is 3.09. The first-order valence-corrected chi connectivity index (χ1v) is 4.49. The third-order valence-electron chi connectivity index (χ3n) is 2.13. The molecule has 0 aliphatic rings. The highest BCUT2D eigenvalue weighted by Crippen LogP contribution is 2.28. The van der Waals surface area contributed by atoms with Crippen LogP contribution in [0.25, 0.3) is 0 Å². The molecule has 0 radical (unpaired) electrons. The molecule has 1 rings (SSSR count). The summed E-state index contributed by atoms with van der Waals surface area (Å²) in [6.45, 7) is 0. The fourth-order valence-corrected chi connectivity index (χ4v) is 1.27. The van der Waals surface area contributed by atoms with E-state index in [1.807, 2.05) is 0 Å². The van der Waals surface area contributed by atoms with Crippen molar-refractivity contribution >= 4 is 17.6 Å². The zero-order valence-corrected chi connectivity index (χ0v) is 9.34. The van der Waals surface area contributed by atoms with Gasteiger partial charge in [-0.15, -0.1) is 0 Å². The first kappa shape index (κ1) is 13.8. The number of carbonyl (C=O) groups is 2. The van der Waals surface area contributed by atoms with Crippen LogP contribution >= 0.6 is 0 Å². The van der Waals surface area contributed by atoms with E-state index in [-0.39, 0.29) is 0 Å². The Kier molecular flexibility index (Phi) is 3.79. The van der Waals surface area contributed by atoms with Crippen LogP contribution in [0.1, 0.15) is 20.7 Å². The SMILES string of the molecule is COC(=O)c1c(F)c(N)c(F)c(F)c1C(=O)OC.